The van der Waals surface area contributed by atoms with Crippen molar-refractivity contribution in [2.45, 2.75) is 6.61 Å². The molecule has 0 atom stereocenters. The van der Waals surface area contributed by atoms with Gasteiger partial charge < -0.3 is 4.74 Å². The fraction of sp³-hybridized carbons (Fsp3) is 0.0345. The number of amides is 1. The van der Waals surface area contributed by atoms with E-state index in [9.17, 15) is 4.79 Å². The van der Waals surface area contributed by atoms with Crippen LogP contribution in [0.4, 0.5) is 0 Å². The van der Waals surface area contributed by atoms with E-state index in [1.165, 1.54) is 0 Å². The van der Waals surface area contributed by atoms with Gasteiger partial charge in [0.1, 0.15) is 12.4 Å². The Labute approximate surface area is 203 Å². The molecule has 2 heterocycles. The number of hydrazone groups is 1. The normalized spacial score (nSPS) is 11.0. The van der Waals surface area contributed by atoms with Gasteiger partial charge in [-0.3, -0.25) is 9.78 Å². The molecule has 5 aromatic rings. The molecule has 35 heavy (non-hydrogen) atoms. The van der Waals surface area contributed by atoms with Crippen LogP contribution in [0.1, 0.15) is 21.5 Å². The van der Waals surface area contributed by atoms with Gasteiger partial charge in [0.25, 0.3) is 5.91 Å². The Morgan fingerprint density at radius 3 is 2.63 bits per heavy atom. The molecule has 0 bridgehead atoms. The fourth-order valence-electron chi connectivity index (χ4n) is 3.68. The van der Waals surface area contributed by atoms with Crippen molar-refractivity contribution in [2.24, 2.45) is 5.10 Å². The van der Waals surface area contributed by atoms with Crippen LogP contribution in [0.25, 0.3) is 22.2 Å². The van der Waals surface area contributed by atoms with Gasteiger partial charge in [0.2, 0.25) is 0 Å². The summed E-state index contributed by atoms with van der Waals surface area (Å²) in [5.74, 6) is 0.409. The van der Waals surface area contributed by atoms with E-state index >= 15 is 0 Å². The van der Waals surface area contributed by atoms with Crippen molar-refractivity contribution >= 4 is 23.0 Å². The maximum absolute atomic E-state index is 13.1. The second kappa shape index (κ2) is 10.4. The summed E-state index contributed by atoms with van der Waals surface area (Å²) in [5.41, 5.74) is 7.28. The minimum Gasteiger partial charge on any atom is -0.489 e. The molecule has 0 saturated carbocycles. The summed E-state index contributed by atoms with van der Waals surface area (Å²) in [6, 6.07) is 30.6. The highest BCUT2D eigenvalue weighted by atomic mass is 16.5. The van der Waals surface area contributed by atoms with Crippen LogP contribution < -0.4 is 10.2 Å². The van der Waals surface area contributed by atoms with Gasteiger partial charge in [0.15, 0.2) is 0 Å². The molecule has 0 aliphatic carbocycles. The minimum absolute atomic E-state index is 0.318. The number of ether oxygens (including phenoxy) is 1. The van der Waals surface area contributed by atoms with Crippen molar-refractivity contribution in [3.63, 3.8) is 0 Å². The van der Waals surface area contributed by atoms with Gasteiger partial charge in [-0.2, -0.15) is 5.10 Å². The summed E-state index contributed by atoms with van der Waals surface area (Å²) in [6.45, 7) is 0.479. The molecule has 1 amide bonds. The lowest BCUT2D eigenvalue weighted by Gasteiger charge is -2.09. The molecule has 6 nitrogen and oxygen atoms in total. The Kier molecular flexibility index (Phi) is 6.53. The second-order valence-corrected chi connectivity index (χ2v) is 7.86. The van der Waals surface area contributed by atoms with E-state index in [4.69, 9.17) is 9.72 Å². The van der Waals surface area contributed by atoms with Crippen LogP contribution in [-0.4, -0.2) is 22.1 Å². The van der Waals surface area contributed by atoms with Gasteiger partial charge in [-0.05, 0) is 47.5 Å². The fourth-order valence-corrected chi connectivity index (χ4v) is 3.68. The van der Waals surface area contributed by atoms with E-state index in [1.807, 2.05) is 91.0 Å². The van der Waals surface area contributed by atoms with Crippen molar-refractivity contribution < 1.29 is 9.53 Å². The molecule has 0 aliphatic heterocycles. The molecule has 0 fully saturated rings. The maximum Gasteiger partial charge on any atom is 0.272 e. The van der Waals surface area contributed by atoms with Crippen LogP contribution in [0.15, 0.2) is 115 Å². The van der Waals surface area contributed by atoms with Crippen LogP contribution in [0.5, 0.6) is 5.75 Å². The van der Waals surface area contributed by atoms with Crippen LogP contribution in [0, 0.1) is 0 Å². The zero-order valence-corrected chi connectivity index (χ0v) is 18.8. The number of para-hydroxylation sites is 1. The molecular formula is C29H22N4O2. The first-order chi connectivity index (χ1) is 17.3. The van der Waals surface area contributed by atoms with Crippen LogP contribution in [0.3, 0.4) is 0 Å². The molecule has 170 valence electrons. The molecule has 1 N–H and O–H groups in total. The molecule has 0 spiro atoms. The number of benzene rings is 3. The highest BCUT2D eigenvalue weighted by molar-refractivity contribution is 6.07. The highest BCUT2D eigenvalue weighted by Gasteiger charge is 2.13. The summed E-state index contributed by atoms with van der Waals surface area (Å²) in [6.07, 6.45) is 5.02. The predicted octanol–water partition coefficient (Wildman–Crippen LogP) is 5.64. The first-order valence-electron chi connectivity index (χ1n) is 11.2. The summed E-state index contributed by atoms with van der Waals surface area (Å²) in [4.78, 5) is 21.9. The van der Waals surface area contributed by atoms with E-state index in [0.717, 1.165) is 33.3 Å². The molecule has 2 aromatic heterocycles. The number of aromatic nitrogens is 2. The SMILES string of the molecule is O=C(NN=Cc1cccc(OCc2ccccc2)c1)c1cc(-c2cccnc2)nc2ccccc12. The van der Waals surface area contributed by atoms with Crippen molar-refractivity contribution in [2.75, 3.05) is 0 Å². The Hall–Kier alpha value is -4.84. The number of fused-ring (bicyclic) bond motifs is 1. The number of hydrogen-bond acceptors (Lipinski definition) is 5. The molecule has 0 unspecified atom stereocenters. The Balaban J connectivity index is 1.32. The van der Waals surface area contributed by atoms with Crippen LogP contribution in [-0.2, 0) is 6.61 Å². The molecule has 0 radical (unpaired) electrons. The average molecular weight is 459 g/mol. The number of carbonyl (C=O) groups excluding carboxylic acids is 1. The topological polar surface area (TPSA) is 76.5 Å². The summed E-state index contributed by atoms with van der Waals surface area (Å²) >= 11 is 0. The third kappa shape index (κ3) is 5.39. The average Bonchev–Trinajstić information content (AvgIpc) is 2.92. The number of nitrogens with one attached hydrogen (secondary N) is 1. The zero-order valence-electron chi connectivity index (χ0n) is 18.8. The molecule has 3 aromatic carbocycles. The molecule has 0 saturated heterocycles. The van der Waals surface area contributed by atoms with Gasteiger partial charge >= 0.3 is 0 Å². The van der Waals surface area contributed by atoms with Gasteiger partial charge in [-0.25, -0.2) is 10.4 Å². The second-order valence-electron chi connectivity index (χ2n) is 7.86. The van der Waals surface area contributed by atoms with Crippen molar-refractivity contribution in [1.29, 1.82) is 0 Å². The van der Waals surface area contributed by atoms with Crippen molar-refractivity contribution in [3.8, 4) is 17.0 Å². The number of rotatable bonds is 7. The van der Waals surface area contributed by atoms with E-state index in [1.54, 1.807) is 24.7 Å². The van der Waals surface area contributed by atoms with Gasteiger partial charge in [0.05, 0.1) is 23.0 Å². The van der Waals surface area contributed by atoms with E-state index < -0.39 is 0 Å². The standard InChI is InChI=1S/C29H22N4O2/c34-29(26-17-28(23-11-7-15-30-19-23)32-27-14-5-4-13-25(26)27)33-31-18-22-10-6-12-24(16-22)35-20-21-8-2-1-3-9-21/h1-19H,20H2,(H,33,34). The van der Waals surface area contributed by atoms with Gasteiger partial charge in [-0.15, -0.1) is 0 Å². The van der Waals surface area contributed by atoms with Crippen molar-refractivity contribution in [3.05, 3.63) is 126 Å². The van der Waals surface area contributed by atoms with E-state index in [2.05, 4.69) is 15.5 Å². The molecule has 5 rings (SSSR count). The number of carbonyl (C=O) groups is 1. The first kappa shape index (κ1) is 22.0. The lowest BCUT2D eigenvalue weighted by Crippen LogP contribution is -2.18. The van der Waals surface area contributed by atoms with Gasteiger partial charge in [0, 0.05) is 23.3 Å². The third-order valence-corrected chi connectivity index (χ3v) is 5.40. The third-order valence-electron chi connectivity index (χ3n) is 5.40. The summed E-state index contributed by atoms with van der Waals surface area (Å²) in [7, 11) is 0. The quantitative estimate of drug-likeness (QED) is 0.253. The van der Waals surface area contributed by atoms with Gasteiger partial charge in [-0.1, -0.05) is 60.7 Å². The highest BCUT2D eigenvalue weighted by Crippen LogP contribution is 2.24. The number of nitrogens with zero attached hydrogens (tertiary/aromatic N) is 3. The van der Waals surface area contributed by atoms with E-state index in [-0.39, 0.29) is 5.91 Å². The van der Waals surface area contributed by atoms with Crippen LogP contribution in [0.2, 0.25) is 0 Å². The zero-order chi connectivity index (χ0) is 23.9. The predicted molar refractivity (Wildman–Crippen MR) is 137 cm³/mol. The molecule has 0 aliphatic rings. The summed E-state index contributed by atoms with van der Waals surface area (Å²) in [5, 5.41) is 4.93. The first-order valence-corrected chi connectivity index (χ1v) is 11.2. The largest absolute Gasteiger partial charge is 0.489 e. The Morgan fingerprint density at radius 1 is 0.914 bits per heavy atom. The van der Waals surface area contributed by atoms with E-state index in [0.29, 0.717) is 17.9 Å². The Bertz CT molecular complexity index is 1490. The lowest BCUT2D eigenvalue weighted by atomic mass is 10.0. The molecule has 6 heteroatoms. The maximum atomic E-state index is 13.1. The van der Waals surface area contributed by atoms with Crippen molar-refractivity contribution in [1.82, 2.24) is 15.4 Å². The monoisotopic (exact) mass is 458 g/mol. The van der Waals surface area contributed by atoms with Crippen LogP contribution >= 0.6 is 0 Å². The lowest BCUT2D eigenvalue weighted by molar-refractivity contribution is 0.0956. The number of pyridine rings is 2. The minimum atomic E-state index is -0.318. The molecular weight excluding hydrogens is 436 g/mol. The smallest absolute Gasteiger partial charge is 0.272 e. The number of hydrogen-bond donors (Lipinski definition) is 1. The summed E-state index contributed by atoms with van der Waals surface area (Å²) < 4.78 is 5.87. The Morgan fingerprint density at radius 2 is 1.77 bits per heavy atom.